The molecule has 0 saturated heterocycles. The van der Waals surface area contributed by atoms with Crippen LogP contribution in [0.3, 0.4) is 0 Å². The number of aromatic nitrogens is 2. The summed E-state index contributed by atoms with van der Waals surface area (Å²) in [6, 6.07) is 2.22. The molecule has 2 rings (SSSR count). The highest BCUT2D eigenvalue weighted by Crippen LogP contribution is 2.36. The number of nitrogens with one attached hydrogen (secondary N) is 1. The number of imidazole rings is 1. The number of hydrogen-bond donors (Lipinski definition) is 1. The number of alkyl halides is 3. The Labute approximate surface area is 108 Å². The monoisotopic (exact) mass is 278 g/mol. The minimum Gasteiger partial charge on any atom is -0.342 e. The van der Waals surface area contributed by atoms with Crippen LogP contribution in [0.2, 0.25) is 5.02 Å². The molecule has 1 aromatic carbocycles. The molecule has 0 radical (unpaired) electrons. The zero-order valence-corrected chi connectivity index (χ0v) is 11.1. The topological polar surface area (TPSA) is 28.7 Å². The van der Waals surface area contributed by atoms with Crippen LogP contribution in [-0.4, -0.2) is 9.97 Å². The number of nitrogens with zero attached hydrogens (tertiary/aromatic N) is 1. The van der Waals surface area contributed by atoms with Gasteiger partial charge in [-0.3, -0.25) is 0 Å². The van der Waals surface area contributed by atoms with Crippen molar-refractivity contribution in [2.24, 2.45) is 0 Å². The summed E-state index contributed by atoms with van der Waals surface area (Å²) in [6.07, 6.45) is -3.81. The summed E-state index contributed by atoms with van der Waals surface area (Å²) >= 11 is 5.57. The SMILES string of the molecule is CC.CCc1nc2cc(Cl)c(C(F)(F)F)cc2[nH]1. The molecule has 1 heterocycles. The van der Waals surface area contributed by atoms with Gasteiger partial charge in [0.25, 0.3) is 0 Å². The van der Waals surface area contributed by atoms with Crippen molar-refractivity contribution in [3.8, 4) is 0 Å². The van der Waals surface area contributed by atoms with Gasteiger partial charge in [0.1, 0.15) is 5.82 Å². The molecule has 0 aliphatic heterocycles. The molecule has 0 aliphatic carbocycles. The van der Waals surface area contributed by atoms with Gasteiger partial charge in [0.15, 0.2) is 0 Å². The number of halogens is 4. The molecule has 6 heteroatoms. The summed E-state index contributed by atoms with van der Waals surface area (Å²) in [5.41, 5.74) is -0.0311. The summed E-state index contributed by atoms with van der Waals surface area (Å²) in [7, 11) is 0. The zero-order chi connectivity index (χ0) is 13.9. The van der Waals surface area contributed by atoms with E-state index in [1.807, 2.05) is 20.8 Å². The van der Waals surface area contributed by atoms with Crippen LogP contribution in [0.25, 0.3) is 11.0 Å². The molecule has 0 atom stereocenters. The lowest BCUT2D eigenvalue weighted by Gasteiger charge is -2.07. The largest absolute Gasteiger partial charge is 0.417 e. The third-order valence-electron chi connectivity index (χ3n) is 2.26. The minimum absolute atomic E-state index is 0.325. The lowest BCUT2D eigenvalue weighted by Crippen LogP contribution is -2.05. The van der Waals surface area contributed by atoms with Crippen molar-refractivity contribution in [1.82, 2.24) is 9.97 Å². The van der Waals surface area contributed by atoms with Crippen molar-refractivity contribution in [2.75, 3.05) is 0 Å². The van der Waals surface area contributed by atoms with Gasteiger partial charge in [-0.2, -0.15) is 13.2 Å². The van der Waals surface area contributed by atoms with Crippen molar-refractivity contribution in [3.05, 3.63) is 28.5 Å². The summed E-state index contributed by atoms with van der Waals surface area (Å²) in [4.78, 5) is 6.92. The molecule has 0 amide bonds. The normalized spacial score (nSPS) is 11.3. The van der Waals surface area contributed by atoms with E-state index in [0.29, 0.717) is 23.3 Å². The second-order valence-corrected chi connectivity index (χ2v) is 3.79. The average molecular weight is 279 g/mol. The van der Waals surface area contributed by atoms with Crippen molar-refractivity contribution in [3.63, 3.8) is 0 Å². The maximum absolute atomic E-state index is 12.5. The van der Waals surface area contributed by atoms with Gasteiger partial charge in [-0.1, -0.05) is 32.4 Å². The van der Waals surface area contributed by atoms with Crippen LogP contribution in [-0.2, 0) is 12.6 Å². The first-order valence-corrected chi connectivity index (χ1v) is 6.05. The minimum atomic E-state index is -4.44. The van der Waals surface area contributed by atoms with E-state index in [1.165, 1.54) is 6.07 Å². The predicted molar refractivity (Wildman–Crippen MR) is 66.8 cm³/mol. The fourth-order valence-electron chi connectivity index (χ4n) is 1.47. The molecule has 1 N–H and O–H groups in total. The Kier molecular flexibility index (Phi) is 4.62. The molecule has 0 aliphatic rings. The van der Waals surface area contributed by atoms with Crippen molar-refractivity contribution >= 4 is 22.6 Å². The van der Waals surface area contributed by atoms with Gasteiger partial charge in [0, 0.05) is 6.42 Å². The van der Waals surface area contributed by atoms with Gasteiger partial charge in [-0.25, -0.2) is 4.98 Å². The molecular formula is C12H14ClF3N2. The summed E-state index contributed by atoms with van der Waals surface area (Å²) in [5.74, 6) is 0.644. The number of aromatic amines is 1. The number of benzene rings is 1. The van der Waals surface area contributed by atoms with E-state index in [0.717, 1.165) is 6.07 Å². The predicted octanol–water partition coefficient (Wildman–Crippen LogP) is 4.82. The van der Waals surface area contributed by atoms with Crippen molar-refractivity contribution in [1.29, 1.82) is 0 Å². The van der Waals surface area contributed by atoms with Crippen LogP contribution in [0.15, 0.2) is 12.1 Å². The van der Waals surface area contributed by atoms with Crippen LogP contribution in [0.5, 0.6) is 0 Å². The third-order valence-corrected chi connectivity index (χ3v) is 2.57. The van der Waals surface area contributed by atoms with Crippen molar-refractivity contribution < 1.29 is 13.2 Å². The quantitative estimate of drug-likeness (QED) is 0.796. The Bertz CT molecular complexity index is 532. The number of rotatable bonds is 1. The van der Waals surface area contributed by atoms with Gasteiger partial charge >= 0.3 is 6.18 Å². The number of H-pyrrole nitrogens is 1. The average Bonchev–Trinajstić information content (AvgIpc) is 2.71. The second-order valence-electron chi connectivity index (χ2n) is 3.38. The van der Waals surface area contributed by atoms with Gasteiger partial charge in [-0.05, 0) is 12.1 Å². The zero-order valence-electron chi connectivity index (χ0n) is 10.3. The Morgan fingerprint density at radius 1 is 1.28 bits per heavy atom. The highest BCUT2D eigenvalue weighted by atomic mass is 35.5. The third kappa shape index (κ3) is 2.96. The lowest BCUT2D eigenvalue weighted by atomic mass is 10.2. The van der Waals surface area contributed by atoms with E-state index in [-0.39, 0.29) is 5.02 Å². The molecule has 18 heavy (non-hydrogen) atoms. The molecule has 0 unspecified atom stereocenters. The molecule has 0 spiro atoms. The van der Waals surface area contributed by atoms with Crippen LogP contribution in [0, 0.1) is 0 Å². The fourth-order valence-corrected chi connectivity index (χ4v) is 1.73. The highest BCUT2D eigenvalue weighted by Gasteiger charge is 2.33. The molecule has 100 valence electrons. The van der Waals surface area contributed by atoms with E-state index < -0.39 is 11.7 Å². The van der Waals surface area contributed by atoms with E-state index >= 15 is 0 Å². The Morgan fingerprint density at radius 2 is 1.89 bits per heavy atom. The molecular weight excluding hydrogens is 265 g/mol. The molecule has 0 fully saturated rings. The van der Waals surface area contributed by atoms with Gasteiger partial charge < -0.3 is 4.98 Å². The van der Waals surface area contributed by atoms with Crippen molar-refractivity contribution in [2.45, 2.75) is 33.4 Å². The summed E-state index contributed by atoms with van der Waals surface area (Å²) in [5, 5.41) is -0.325. The second kappa shape index (κ2) is 5.61. The van der Waals surface area contributed by atoms with Crippen LogP contribution < -0.4 is 0 Å². The number of hydrogen-bond acceptors (Lipinski definition) is 1. The van der Waals surface area contributed by atoms with Gasteiger partial charge in [0.2, 0.25) is 0 Å². The van der Waals surface area contributed by atoms with Crippen LogP contribution in [0.4, 0.5) is 13.2 Å². The Morgan fingerprint density at radius 3 is 2.39 bits per heavy atom. The smallest absolute Gasteiger partial charge is 0.342 e. The maximum atomic E-state index is 12.5. The summed E-state index contributed by atoms with van der Waals surface area (Å²) < 4.78 is 37.6. The number of aryl methyl sites for hydroxylation is 1. The van der Waals surface area contributed by atoms with Gasteiger partial charge in [0.05, 0.1) is 21.6 Å². The van der Waals surface area contributed by atoms with E-state index in [9.17, 15) is 13.2 Å². The fraction of sp³-hybridized carbons (Fsp3) is 0.417. The highest BCUT2D eigenvalue weighted by molar-refractivity contribution is 6.32. The van der Waals surface area contributed by atoms with Gasteiger partial charge in [-0.15, -0.1) is 0 Å². The molecule has 0 bridgehead atoms. The standard InChI is InChI=1S/C10H8ClF3N2.C2H6/c1-2-9-15-7-3-5(10(12,13)14)6(11)4-8(7)16-9;1-2/h3-4H,2H2,1H3,(H,15,16);1-2H3. The lowest BCUT2D eigenvalue weighted by molar-refractivity contribution is -0.137. The molecule has 2 aromatic rings. The first-order valence-electron chi connectivity index (χ1n) is 5.67. The number of fused-ring (bicyclic) bond motifs is 1. The maximum Gasteiger partial charge on any atom is 0.417 e. The molecule has 1 aromatic heterocycles. The Balaban J connectivity index is 0.000000771. The van der Waals surface area contributed by atoms with E-state index in [1.54, 1.807) is 0 Å². The first kappa shape index (κ1) is 14.8. The molecule has 2 nitrogen and oxygen atoms in total. The van der Waals surface area contributed by atoms with E-state index in [2.05, 4.69) is 9.97 Å². The van der Waals surface area contributed by atoms with E-state index in [4.69, 9.17) is 11.6 Å². The van der Waals surface area contributed by atoms with Crippen LogP contribution >= 0.6 is 11.6 Å². The molecule has 0 saturated carbocycles. The van der Waals surface area contributed by atoms with Crippen LogP contribution in [0.1, 0.15) is 32.2 Å². The Hall–Kier alpha value is -1.23. The first-order chi connectivity index (χ1) is 8.41. The summed E-state index contributed by atoms with van der Waals surface area (Å²) in [6.45, 7) is 5.87.